The molecular formula is C16H18N2O3S. The van der Waals surface area contributed by atoms with Gasteiger partial charge in [0.2, 0.25) is 0 Å². The summed E-state index contributed by atoms with van der Waals surface area (Å²) >= 11 is 1.29. The monoisotopic (exact) mass is 318 g/mol. The highest BCUT2D eigenvalue weighted by Crippen LogP contribution is 2.24. The van der Waals surface area contributed by atoms with E-state index < -0.39 is 0 Å². The van der Waals surface area contributed by atoms with Crippen LogP contribution in [0.1, 0.15) is 33.2 Å². The second kappa shape index (κ2) is 7.72. The molecule has 6 heteroatoms. The molecule has 0 spiro atoms. The quantitative estimate of drug-likeness (QED) is 0.764. The van der Waals surface area contributed by atoms with E-state index >= 15 is 0 Å². The van der Waals surface area contributed by atoms with Crippen LogP contribution >= 0.6 is 11.3 Å². The number of aliphatic hydroxyl groups excluding tert-OH is 1. The summed E-state index contributed by atoms with van der Waals surface area (Å²) in [5, 5.41) is 16.3. The Morgan fingerprint density at radius 2 is 1.86 bits per heavy atom. The highest BCUT2D eigenvalue weighted by atomic mass is 32.1. The molecule has 0 atom stereocenters. The van der Waals surface area contributed by atoms with E-state index in [4.69, 9.17) is 5.11 Å². The Balaban J connectivity index is 2.08. The van der Waals surface area contributed by atoms with Gasteiger partial charge in [0.25, 0.3) is 11.8 Å². The third-order valence-corrected chi connectivity index (χ3v) is 3.99. The lowest BCUT2D eigenvalue weighted by molar-refractivity contribution is 0.0946. The first-order valence-corrected chi connectivity index (χ1v) is 7.90. The molecule has 0 radical (unpaired) electrons. The van der Waals surface area contributed by atoms with Crippen LogP contribution in [-0.4, -0.2) is 30.1 Å². The minimum absolute atomic E-state index is 0.124. The van der Waals surface area contributed by atoms with Crippen LogP contribution in [-0.2, 0) is 6.42 Å². The number of benzene rings is 1. The van der Waals surface area contributed by atoms with Crippen molar-refractivity contribution in [1.29, 1.82) is 0 Å². The minimum atomic E-state index is -0.313. The van der Waals surface area contributed by atoms with E-state index in [9.17, 15) is 9.59 Å². The summed E-state index contributed by atoms with van der Waals surface area (Å²) in [4.78, 5) is 24.1. The van der Waals surface area contributed by atoms with Gasteiger partial charge in [-0.25, -0.2) is 0 Å². The van der Waals surface area contributed by atoms with Gasteiger partial charge in [0, 0.05) is 12.1 Å². The lowest BCUT2D eigenvalue weighted by atomic mass is 10.1. The van der Waals surface area contributed by atoms with E-state index in [1.54, 1.807) is 23.6 Å². The Morgan fingerprint density at radius 3 is 2.50 bits per heavy atom. The van der Waals surface area contributed by atoms with E-state index in [2.05, 4.69) is 17.6 Å². The molecule has 1 aromatic heterocycles. The number of rotatable bonds is 6. The number of anilines is 1. The fourth-order valence-corrected chi connectivity index (χ4v) is 2.70. The maximum absolute atomic E-state index is 12.2. The van der Waals surface area contributed by atoms with Gasteiger partial charge in [-0.3, -0.25) is 9.59 Å². The van der Waals surface area contributed by atoms with Crippen LogP contribution in [0.4, 0.5) is 5.00 Å². The maximum atomic E-state index is 12.2. The Morgan fingerprint density at radius 1 is 1.14 bits per heavy atom. The lowest BCUT2D eigenvalue weighted by Gasteiger charge is -2.07. The third-order valence-electron chi connectivity index (χ3n) is 3.16. The van der Waals surface area contributed by atoms with Crippen molar-refractivity contribution < 1.29 is 14.7 Å². The van der Waals surface area contributed by atoms with Gasteiger partial charge in [0.15, 0.2) is 0 Å². The number of hydrogen-bond acceptors (Lipinski definition) is 4. The second-order valence-electron chi connectivity index (χ2n) is 4.65. The summed E-state index contributed by atoms with van der Waals surface area (Å²) in [6, 6.07) is 9.02. The van der Waals surface area contributed by atoms with E-state index in [0.29, 0.717) is 16.1 Å². The zero-order chi connectivity index (χ0) is 15.9. The normalized spacial score (nSPS) is 10.3. The number of nitrogens with one attached hydrogen (secondary N) is 2. The van der Waals surface area contributed by atoms with Crippen molar-refractivity contribution in [2.24, 2.45) is 0 Å². The van der Waals surface area contributed by atoms with Crippen molar-refractivity contribution in [1.82, 2.24) is 5.32 Å². The van der Waals surface area contributed by atoms with Gasteiger partial charge in [-0.15, -0.1) is 11.3 Å². The Hall–Kier alpha value is -2.18. The first kappa shape index (κ1) is 16.2. The van der Waals surface area contributed by atoms with Crippen LogP contribution in [0, 0.1) is 0 Å². The SMILES string of the molecule is CCc1ccc(C(=O)Nc2sccc2C(=O)NCCO)cc1. The molecule has 2 aromatic rings. The van der Waals surface area contributed by atoms with Crippen LogP contribution < -0.4 is 10.6 Å². The van der Waals surface area contributed by atoms with Gasteiger partial charge in [0.05, 0.1) is 12.2 Å². The number of amides is 2. The van der Waals surface area contributed by atoms with Gasteiger partial charge in [0.1, 0.15) is 5.00 Å². The van der Waals surface area contributed by atoms with Crippen LogP contribution in [0.5, 0.6) is 0 Å². The molecule has 2 amide bonds. The van der Waals surface area contributed by atoms with Crippen molar-refractivity contribution in [3.63, 3.8) is 0 Å². The topological polar surface area (TPSA) is 78.4 Å². The lowest BCUT2D eigenvalue weighted by Crippen LogP contribution is -2.27. The maximum Gasteiger partial charge on any atom is 0.256 e. The molecule has 1 heterocycles. The first-order valence-electron chi connectivity index (χ1n) is 7.02. The number of hydrogen-bond donors (Lipinski definition) is 3. The van der Waals surface area contributed by atoms with E-state index in [1.807, 2.05) is 12.1 Å². The molecule has 0 aliphatic heterocycles. The molecule has 2 rings (SSSR count). The molecule has 0 fully saturated rings. The van der Waals surface area contributed by atoms with Gasteiger partial charge in [-0.2, -0.15) is 0 Å². The number of aliphatic hydroxyl groups is 1. The Bertz CT molecular complexity index is 650. The predicted molar refractivity (Wildman–Crippen MR) is 87.5 cm³/mol. The van der Waals surface area contributed by atoms with Gasteiger partial charge >= 0.3 is 0 Å². The van der Waals surface area contributed by atoms with E-state index in [1.165, 1.54) is 11.3 Å². The van der Waals surface area contributed by atoms with Crippen molar-refractivity contribution >= 4 is 28.2 Å². The zero-order valence-electron chi connectivity index (χ0n) is 12.3. The molecule has 22 heavy (non-hydrogen) atoms. The molecule has 0 bridgehead atoms. The molecule has 0 aliphatic rings. The summed E-state index contributed by atoms with van der Waals surface area (Å²) in [5.74, 6) is -0.562. The summed E-state index contributed by atoms with van der Waals surface area (Å²) in [6.07, 6.45) is 0.919. The second-order valence-corrected chi connectivity index (χ2v) is 5.56. The van der Waals surface area contributed by atoms with Crippen LogP contribution in [0.15, 0.2) is 35.7 Å². The highest BCUT2D eigenvalue weighted by Gasteiger charge is 2.15. The van der Waals surface area contributed by atoms with Crippen molar-refractivity contribution in [3.05, 3.63) is 52.4 Å². The average molecular weight is 318 g/mol. The van der Waals surface area contributed by atoms with Crippen LogP contribution in [0.25, 0.3) is 0 Å². The molecule has 116 valence electrons. The predicted octanol–water partition coefficient (Wildman–Crippen LogP) is 2.28. The number of thiophene rings is 1. The third kappa shape index (κ3) is 3.93. The first-order chi connectivity index (χ1) is 10.7. The molecule has 3 N–H and O–H groups in total. The molecule has 5 nitrogen and oxygen atoms in total. The van der Waals surface area contributed by atoms with Crippen LogP contribution in [0.2, 0.25) is 0 Å². The van der Waals surface area contributed by atoms with Gasteiger partial charge < -0.3 is 15.7 Å². The highest BCUT2D eigenvalue weighted by molar-refractivity contribution is 7.14. The molecule has 0 aliphatic carbocycles. The van der Waals surface area contributed by atoms with Crippen LogP contribution in [0.3, 0.4) is 0 Å². The Labute approximate surface area is 133 Å². The number of carbonyl (C=O) groups excluding carboxylic acids is 2. The fourth-order valence-electron chi connectivity index (χ4n) is 1.92. The van der Waals surface area contributed by atoms with Crippen molar-refractivity contribution in [3.8, 4) is 0 Å². The number of carbonyl (C=O) groups is 2. The van der Waals surface area contributed by atoms with Gasteiger partial charge in [-0.05, 0) is 35.6 Å². The number of aryl methyl sites for hydroxylation is 1. The smallest absolute Gasteiger partial charge is 0.256 e. The summed E-state index contributed by atoms with van der Waals surface area (Å²) in [5.41, 5.74) is 2.11. The van der Waals surface area contributed by atoms with Gasteiger partial charge in [-0.1, -0.05) is 19.1 Å². The summed E-state index contributed by atoms with van der Waals surface area (Å²) in [6.45, 7) is 2.11. The summed E-state index contributed by atoms with van der Waals surface area (Å²) in [7, 11) is 0. The zero-order valence-corrected chi connectivity index (χ0v) is 13.1. The molecule has 0 saturated carbocycles. The largest absolute Gasteiger partial charge is 0.395 e. The molecular weight excluding hydrogens is 300 g/mol. The van der Waals surface area contributed by atoms with E-state index in [0.717, 1.165) is 12.0 Å². The molecule has 1 aromatic carbocycles. The molecule has 0 unspecified atom stereocenters. The summed E-state index contributed by atoms with van der Waals surface area (Å²) < 4.78 is 0. The fraction of sp³-hybridized carbons (Fsp3) is 0.250. The standard InChI is InChI=1S/C16H18N2O3S/c1-2-11-3-5-12(6-4-11)14(20)18-16-13(7-10-22-16)15(21)17-8-9-19/h3-7,10,19H,2,8-9H2,1H3,(H,17,21)(H,18,20). The Kier molecular flexibility index (Phi) is 5.68. The van der Waals surface area contributed by atoms with Crippen molar-refractivity contribution in [2.75, 3.05) is 18.5 Å². The molecule has 0 saturated heterocycles. The average Bonchev–Trinajstić information content (AvgIpc) is 3.00. The van der Waals surface area contributed by atoms with E-state index in [-0.39, 0.29) is 25.0 Å². The van der Waals surface area contributed by atoms with Crippen molar-refractivity contribution in [2.45, 2.75) is 13.3 Å². The minimum Gasteiger partial charge on any atom is -0.395 e.